The van der Waals surface area contributed by atoms with Crippen LogP contribution >= 0.6 is 0 Å². The van der Waals surface area contributed by atoms with Crippen molar-refractivity contribution in [3.8, 4) is 0 Å². The molecule has 0 aromatic rings. The number of hydrogen-bond acceptors (Lipinski definition) is 8. The van der Waals surface area contributed by atoms with Gasteiger partial charge in [-0.3, -0.25) is 14.0 Å². The van der Waals surface area contributed by atoms with Crippen molar-refractivity contribution in [2.45, 2.75) is 103 Å². The van der Waals surface area contributed by atoms with Gasteiger partial charge in [0.25, 0.3) is 10.1 Å². The molecule has 0 bridgehead atoms. The fourth-order valence-electron chi connectivity index (χ4n) is 5.54. The van der Waals surface area contributed by atoms with Crippen LogP contribution in [-0.2, 0) is 28.3 Å². The molecular formula is C25H47NO7SSi. The van der Waals surface area contributed by atoms with Gasteiger partial charge >= 0.3 is 5.97 Å². The van der Waals surface area contributed by atoms with E-state index in [1.54, 1.807) is 6.92 Å². The number of carbonyl (C=O) groups excluding carboxylic acids is 1. The van der Waals surface area contributed by atoms with Gasteiger partial charge < -0.3 is 14.3 Å². The standard InChI is InChI=1S/C25H47NO7SSi/c1-9-31-22(28)17-19-23(33-35(7,8)24(3,4)5)18(2)16-21(32-34(6,29)30)25(19,13-11-15-27)20-12-10-14-26-20/h18-19,21,23,27H,9-17H2,1-8H3/t18-,19-,21?,23+,25-/m0/s1. The van der Waals surface area contributed by atoms with Crippen molar-refractivity contribution in [1.29, 1.82) is 0 Å². The van der Waals surface area contributed by atoms with Gasteiger partial charge in [0, 0.05) is 30.2 Å². The molecule has 1 saturated carbocycles. The van der Waals surface area contributed by atoms with Crippen LogP contribution in [0.4, 0.5) is 0 Å². The third-order valence-corrected chi connectivity index (χ3v) is 13.2. The second-order valence-corrected chi connectivity index (χ2v) is 18.1. The van der Waals surface area contributed by atoms with E-state index in [9.17, 15) is 18.3 Å². The number of ether oxygens (including phenoxy) is 1. The zero-order chi connectivity index (χ0) is 26.7. The lowest BCUT2D eigenvalue weighted by molar-refractivity contribution is -0.151. The molecule has 0 radical (unpaired) electrons. The van der Waals surface area contributed by atoms with Gasteiger partial charge in [-0.25, -0.2) is 0 Å². The molecule has 1 aliphatic heterocycles. The molecule has 1 heterocycles. The molecule has 204 valence electrons. The summed E-state index contributed by atoms with van der Waals surface area (Å²) in [4.78, 5) is 17.8. The van der Waals surface area contributed by atoms with Crippen LogP contribution in [-0.4, -0.2) is 71.7 Å². The van der Waals surface area contributed by atoms with Crippen LogP contribution in [0.2, 0.25) is 18.1 Å². The Bertz CT molecular complexity index is 868. The fraction of sp³-hybridized carbons (Fsp3) is 0.920. The van der Waals surface area contributed by atoms with Gasteiger partial charge in [-0.05, 0) is 63.1 Å². The van der Waals surface area contributed by atoms with Crippen molar-refractivity contribution in [1.82, 2.24) is 0 Å². The first-order valence-corrected chi connectivity index (χ1v) is 17.7. The third kappa shape index (κ3) is 7.15. The number of carbonyl (C=O) groups is 1. The van der Waals surface area contributed by atoms with Gasteiger partial charge in [-0.1, -0.05) is 27.7 Å². The Morgan fingerprint density at radius 2 is 1.94 bits per heavy atom. The zero-order valence-electron chi connectivity index (χ0n) is 22.9. The van der Waals surface area contributed by atoms with Gasteiger partial charge in [-0.15, -0.1) is 0 Å². The van der Waals surface area contributed by atoms with E-state index >= 15 is 0 Å². The van der Waals surface area contributed by atoms with Crippen LogP contribution in [0.5, 0.6) is 0 Å². The highest BCUT2D eigenvalue weighted by Gasteiger charge is 2.60. The summed E-state index contributed by atoms with van der Waals surface area (Å²) in [5, 5.41) is 9.78. The second kappa shape index (κ2) is 11.7. The number of aliphatic imine (C=N–C) groups is 1. The Balaban J connectivity index is 2.73. The predicted molar refractivity (Wildman–Crippen MR) is 141 cm³/mol. The van der Waals surface area contributed by atoms with Gasteiger partial charge in [-0.2, -0.15) is 8.42 Å². The fourth-order valence-corrected chi connectivity index (χ4v) is 7.64. The molecule has 5 atom stereocenters. The number of hydrogen-bond donors (Lipinski definition) is 1. The van der Waals surface area contributed by atoms with Gasteiger partial charge in [0.2, 0.25) is 0 Å². The Labute approximate surface area is 213 Å². The van der Waals surface area contributed by atoms with E-state index in [1.165, 1.54) is 0 Å². The van der Waals surface area contributed by atoms with Crippen LogP contribution < -0.4 is 0 Å². The summed E-state index contributed by atoms with van der Waals surface area (Å²) >= 11 is 0. The highest BCUT2D eigenvalue weighted by atomic mass is 32.2. The maximum Gasteiger partial charge on any atom is 0.306 e. The summed E-state index contributed by atoms with van der Waals surface area (Å²) in [5.41, 5.74) is 0.0545. The number of rotatable bonds is 11. The molecule has 8 nitrogen and oxygen atoms in total. The second-order valence-electron chi connectivity index (χ2n) is 11.8. The minimum Gasteiger partial charge on any atom is -0.466 e. The molecule has 2 aliphatic rings. The van der Waals surface area contributed by atoms with E-state index in [4.69, 9.17) is 18.3 Å². The molecular weight excluding hydrogens is 486 g/mol. The Morgan fingerprint density at radius 1 is 1.29 bits per heavy atom. The van der Waals surface area contributed by atoms with E-state index in [0.717, 1.165) is 24.8 Å². The number of nitrogens with zero attached hydrogens (tertiary/aromatic N) is 1. The van der Waals surface area contributed by atoms with E-state index in [1.807, 2.05) is 0 Å². The highest BCUT2D eigenvalue weighted by Crippen LogP contribution is 2.55. The van der Waals surface area contributed by atoms with Gasteiger partial charge in [0.1, 0.15) is 0 Å². The Hall–Kier alpha value is -0.813. The number of esters is 1. The van der Waals surface area contributed by atoms with Crippen LogP contribution in [0.15, 0.2) is 4.99 Å². The highest BCUT2D eigenvalue weighted by molar-refractivity contribution is 7.86. The smallest absolute Gasteiger partial charge is 0.306 e. The Kier molecular flexibility index (Phi) is 10.2. The minimum absolute atomic E-state index is 0.0417. The summed E-state index contributed by atoms with van der Waals surface area (Å²) < 4.78 is 43.1. The summed E-state index contributed by atoms with van der Waals surface area (Å²) in [7, 11) is -6.02. The molecule has 0 aromatic heterocycles. The summed E-state index contributed by atoms with van der Waals surface area (Å²) in [6.07, 6.45) is 3.16. The summed E-state index contributed by atoms with van der Waals surface area (Å²) in [5.74, 6) is -0.755. The lowest BCUT2D eigenvalue weighted by Crippen LogP contribution is -2.62. The van der Waals surface area contributed by atoms with Crippen molar-refractivity contribution in [2.75, 3.05) is 26.0 Å². The summed E-state index contributed by atoms with van der Waals surface area (Å²) in [6, 6.07) is 0. The summed E-state index contributed by atoms with van der Waals surface area (Å²) in [6.45, 7) is 15.7. The monoisotopic (exact) mass is 533 g/mol. The average Bonchev–Trinajstić information content (AvgIpc) is 3.24. The topological polar surface area (TPSA) is 111 Å². The molecule has 1 unspecified atom stereocenters. The molecule has 35 heavy (non-hydrogen) atoms. The van der Waals surface area contributed by atoms with Crippen LogP contribution in [0.25, 0.3) is 0 Å². The first-order valence-electron chi connectivity index (χ1n) is 13.0. The number of aliphatic hydroxyl groups is 1. The van der Waals surface area contributed by atoms with Crippen molar-refractivity contribution in [3.63, 3.8) is 0 Å². The van der Waals surface area contributed by atoms with E-state index < -0.39 is 30.0 Å². The minimum atomic E-state index is -3.78. The van der Waals surface area contributed by atoms with Crippen LogP contribution in [0.3, 0.4) is 0 Å². The molecule has 10 heteroatoms. The van der Waals surface area contributed by atoms with E-state index in [0.29, 0.717) is 25.8 Å². The molecule has 0 spiro atoms. The SMILES string of the molecule is CCOC(=O)C[C@H]1[C@H](O[Si](C)(C)C(C)(C)C)[C@@H](C)CC(OS(C)(=O)=O)[C@]1(CCCO)C1=NCCC1. The third-order valence-electron chi connectivity index (χ3n) is 8.16. The maximum atomic E-state index is 13.0. The molecule has 2 rings (SSSR count). The van der Waals surface area contributed by atoms with Crippen molar-refractivity contribution in [2.24, 2.45) is 22.2 Å². The lowest BCUT2D eigenvalue weighted by Gasteiger charge is -2.56. The van der Waals surface area contributed by atoms with E-state index in [2.05, 4.69) is 40.8 Å². The molecule has 0 amide bonds. The predicted octanol–water partition coefficient (Wildman–Crippen LogP) is 4.32. The van der Waals surface area contributed by atoms with Gasteiger partial charge in [0.15, 0.2) is 8.32 Å². The number of aliphatic hydroxyl groups excluding tert-OH is 1. The molecule has 1 N–H and O–H groups in total. The van der Waals surface area contributed by atoms with E-state index in [-0.39, 0.29) is 48.6 Å². The van der Waals surface area contributed by atoms with Crippen LogP contribution in [0, 0.1) is 17.3 Å². The molecule has 0 aromatic carbocycles. The van der Waals surface area contributed by atoms with Crippen molar-refractivity contribution in [3.05, 3.63) is 0 Å². The normalized spacial score (nSPS) is 30.3. The Morgan fingerprint density at radius 3 is 2.43 bits per heavy atom. The quantitative estimate of drug-likeness (QED) is 0.239. The van der Waals surface area contributed by atoms with Crippen LogP contribution in [0.1, 0.15) is 73.1 Å². The lowest BCUT2D eigenvalue weighted by atomic mass is 9.55. The molecule has 1 aliphatic carbocycles. The van der Waals surface area contributed by atoms with Crippen molar-refractivity contribution >= 4 is 30.1 Å². The molecule has 1 fully saturated rings. The van der Waals surface area contributed by atoms with Gasteiger partial charge in [0.05, 0.1) is 31.5 Å². The van der Waals surface area contributed by atoms with Crippen molar-refractivity contribution < 1.29 is 31.7 Å². The molecule has 0 saturated heterocycles. The first-order chi connectivity index (χ1) is 16.1. The maximum absolute atomic E-state index is 13.0. The largest absolute Gasteiger partial charge is 0.466 e. The zero-order valence-corrected chi connectivity index (χ0v) is 24.7. The first kappa shape index (κ1) is 30.4. The average molecular weight is 534 g/mol.